The van der Waals surface area contributed by atoms with E-state index in [0.717, 1.165) is 0 Å². The fourth-order valence-corrected chi connectivity index (χ4v) is 0.105. The first-order chi connectivity index (χ1) is 3.13. The number of nitrogens with one attached hydrogen (secondary N) is 1. The number of hydrogen-bond donors (Lipinski definition) is 3. The van der Waals surface area contributed by atoms with Gasteiger partial charge >= 0.3 is 31.0 Å². The minimum atomic E-state index is -1.44. The molecule has 0 bridgehead atoms. The predicted molar refractivity (Wildman–Crippen MR) is 21.9 cm³/mol. The zero-order valence-electron chi connectivity index (χ0n) is 5.34. The number of urea groups is 1. The van der Waals surface area contributed by atoms with Crippen LogP contribution in [0.15, 0.2) is 0 Å². The number of nitrogens with two attached hydrogens (primary N) is 1. The van der Waals surface area contributed by atoms with Crippen LogP contribution in [0.5, 0.6) is 0 Å². The number of carbonyl (C=O) groups excluding carboxylic acids is 1. The first kappa shape index (κ1) is 10.3. The second-order valence-electron chi connectivity index (χ2n) is 0.794. The molecule has 0 radical (unpaired) electrons. The molecule has 0 heterocycles. The van der Waals surface area contributed by atoms with E-state index in [2.05, 4.69) is 5.73 Å². The van der Waals surface area contributed by atoms with Gasteiger partial charge in [0.25, 0.3) is 0 Å². The zero-order valence-corrected chi connectivity index (χ0v) is 4.34. The smallest absolute Gasteiger partial charge is 1.00 e. The van der Waals surface area contributed by atoms with Crippen molar-refractivity contribution in [2.45, 2.75) is 0 Å². The molecule has 0 saturated heterocycles. The van der Waals surface area contributed by atoms with Gasteiger partial charge in [0.15, 0.2) is 0 Å². The summed E-state index contributed by atoms with van der Waals surface area (Å²) < 4.78 is 0. The van der Waals surface area contributed by atoms with Gasteiger partial charge in [-0.25, -0.2) is 14.9 Å². The third-order valence-corrected chi connectivity index (χ3v) is 0.230. The largest absolute Gasteiger partial charge is 1.00 e. The van der Waals surface area contributed by atoms with Crippen molar-refractivity contribution >= 4 is 12.1 Å². The van der Waals surface area contributed by atoms with Crippen LogP contribution >= 0.6 is 0 Å². The summed E-state index contributed by atoms with van der Waals surface area (Å²) in [6.07, 6.45) is -1.44. The van der Waals surface area contributed by atoms with Crippen LogP contribution < -0.4 is 29.9 Å². The molecular formula is C2H5LiN2O3. The minimum absolute atomic E-state index is 0. The molecule has 0 atom stereocenters. The normalized spacial score (nSPS) is 6.50. The molecule has 5 nitrogen and oxygen atoms in total. The summed E-state index contributed by atoms with van der Waals surface area (Å²) >= 11 is 0. The quantitative estimate of drug-likeness (QED) is 0.283. The fraction of sp³-hybridized carbons (Fsp3) is 0. The topological polar surface area (TPSA) is 92.4 Å². The molecule has 0 aliphatic heterocycles. The summed E-state index contributed by atoms with van der Waals surface area (Å²) in [4.78, 5) is 18.9. The average Bonchev–Trinajstić information content (AvgIpc) is 1.27. The van der Waals surface area contributed by atoms with Gasteiger partial charge in [0, 0.05) is 0 Å². The molecule has 3 amide bonds. The monoisotopic (exact) mass is 112 g/mol. The SMILES string of the molecule is NC(=O)NC(=O)O.[H-].[Li+]. The van der Waals surface area contributed by atoms with Gasteiger partial charge in [0.1, 0.15) is 0 Å². The molecule has 6 heteroatoms. The van der Waals surface area contributed by atoms with Crippen LogP contribution in [0.3, 0.4) is 0 Å². The molecule has 4 N–H and O–H groups in total. The molecular weight excluding hydrogens is 107 g/mol. The molecule has 8 heavy (non-hydrogen) atoms. The van der Waals surface area contributed by atoms with Gasteiger partial charge in [-0.3, -0.25) is 0 Å². The van der Waals surface area contributed by atoms with Crippen LogP contribution in [0, 0.1) is 0 Å². The van der Waals surface area contributed by atoms with E-state index in [1.807, 2.05) is 0 Å². The number of imide groups is 1. The molecule has 0 aromatic rings. The second kappa shape index (κ2) is 4.50. The molecule has 42 valence electrons. The second-order valence-corrected chi connectivity index (χ2v) is 0.794. The summed E-state index contributed by atoms with van der Waals surface area (Å²) in [6.45, 7) is 0. The van der Waals surface area contributed by atoms with Gasteiger partial charge in [-0.1, -0.05) is 0 Å². The van der Waals surface area contributed by atoms with E-state index in [0.29, 0.717) is 0 Å². The molecule has 0 aliphatic carbocycles. The van der Waals surface area contributed by atoms with Crippen LogP contribution in [-0.4, -0.2) is 17.2 Å². The van der Waals surface area contributed by atoms with Crippen molar-refractivity contribution < 1.29 is 35.0 Å². The van der Waals surface area contributed by atoms with Gasteiger partial charge in [0.05, 0.1) is 0 Å². The first-order valence-electron chi connectivity index (χ1n) is 1.42. The van der Waals surface area contributed by atoms with Crippen LogP contribution in [0.4, 0.5) is 9.59 Å². The van der Waals surface area contributed by atoms with Crippen molar-refractivity contribution in [1.29, 1.82) is 0 Å². The van der Waals surface area contributed by atoms with Gasteiger partial charge < -0.3 is 12.3 Å². The van der Waals surface area contributed by atoms with E-state index in [4.69, 9.17) is 5.11 Å². The summed E-state index contributed by atoms with van der Waals surface area (Å²) in [6, 6.07) is -1.06. The maximum Gasteiger partial charge on any atom is 1.00 e. The standard InChI is InChI=1S/C2H4N2O3.Li.H/c3-1(5)4-2(6)7;;/h(H,6,7)(H3,3,4,5);;/q;+1;-1. The van der Waals surface area contributed by atoms with Gasteiger partial charge in [-0.05, 0) is 0 Å². The Balaban J connectivity index is -0.000000180. The Hall–Kier alpha value is -0.663. The molecule has 0 spiro atoms. The van der Waals surface area contributed by atoms with Gasteiger partial charge in [-0.15, -0.1) is 0 Å². The molecule has 0 aliphatic rings. The molecule has 0 unspecified atom stereocenters. The van der Waals surface area contributed by atoms with E-state index >= 15 is 0 Å². The summed E-state index contributed by atoms with van der Waals surface area (Å²) in [5, 5.41) is 9.03. The van der Waals surface area contributed by atoms with Crippen molar-refractivity contribution in [3.05, 3.63) is 0 Å². The van der Waals surface area contributed by atoms with Gasteiger partial charge in [0.2, 0.25) is 0 Å². The molecule has 0 fully saturated rings. The first-order valence-corrected chi connectivity index (χ1v) is 1.42. The Morgan fingerprint density at radius 2 is 2.00 bits per heavy atom. The van der Waals surface area contributed by atoms with Crippen molar-refractivity contribution in [3.63, 3.8) is 0 Å². The Morgan fingerprint density at radius 3 is 2.00 bits per heavy atom. The zero-order chi connectivity index (χ0) is 5.86. The Bertz CT molecular complexity index is 96.0. The van der Waals surface area contributed by atoms with Crippen LogP contribution in [0.1, 0.15) is 1.43 Å². The number of rotatable bonds is 0. The maximum atomic E-state index is 9.54. The van der Waals surface area contributed by atoms with Crippen molar-refractivity contribution in [1.82, 2.24) is 5.32 Å². The fourth-order valence-electron chi connectivity index (χ4n) is 0.105. The van der Waals surface area contributed by atoms with E-state index in [9.17, 15) is 9.59 Å². The van der Waals surface area contributed by atoms with Crippen LogP contribution in [-0.2, 0) is 0 Å². The average molecular weight is 112 g/mol. The molecule has 0 saturated carbocycles. The molecule has 0 aromatic heterocycles. The van der Waals surface area contributed by atoms with Gasteiger partial charge in [-0.2, -0.15) is 0 Å². The number of amides is 3. The number of carboxylic acid groups (broad SMARTS) is 1. The van der Waals surface area contributed by atoms with E-state index < -0.39 is 12.1 Å². The number of hydrogen-bond acceptors (Lipinski definition) is 2. The van der Waals surface area contributed by atoms with Crippen molar-refractivity contribution in [2.24, 2.45) is 5.73 Å². The van der Waals surface area contributed by atoms with E-state index in [-0.39, 0.29) is 20.3 Å². The molecule has 0 aromatic carbocycles. The molecule has 0 rings (SSSR count). The van der Waals surface area contributed by atoms with E-state index in [1.54, 1.807) is 0 Å². The summed E-state index contributed by atoms with van der Waals surface area (Å²) in [7, 11) is 0. The maximum absolute atomic E-state index is 9.54. The minimum Gasteiger partial charge on any atom is -1.00 e. The van der Waals surface area contributed by atoms with E-state index in [1.165, 1.54) is 5.32 Å². The Morgan fingerprint density at radius 1 is 1.62 bits per heavy atom. The third kappa shape index (κ3) is 9.02. The third-order valence-electron chi connectivity index (χ3n) is 0.230. The predicted octanol–water partition coefficient (Wildman–Crippen LogP) is -3.55. The van der Waals surface area contributed by atoms with Crippen molar-refractivity contribution in [3.8, 4) is 0 Å². The summed E-state index contributed by atoms with van der Waals surface area (Å²) in [5.41, 5.74) is 4.36. The summed E-state index contributed by atoms with van der Waals surface area (Å²) in [5.74, 6) is 0. The van der Waals surface area contributed by atoms with Crippen LogP contribution in [0.2, 0.25) is 0 Å². The Labute approximate surface area is 58.9 Å². The Kier molecular flexibility index (Phi) is 5.81. The number of primary amides is 1. The van der Waals surface area contributed by atoms with Crippen LogP contribution in [0.25, 0.3) is 0 Å². The van der Waals surface area contributed by atoms with Crippen molar-refractivity contribution in [2.75, 3.05) is 0 Å². The number of carbonyl (C=O) groups is 2.